The Morgan fingerprint density at radius 1 is 1.18 bits per heavy atom. The van der Waals surface area contributed by atoms with Crippen LogP contribution in [0, 0.1) is 16.2 Å². The highest BCUT2D eigenvalue weighted by Gasteiger charge is 2.77. The summed E-state index contributed by atoms with van der Waals surface area (Å²) in [6.45, 7) is 6.18. The maximum atomic E-state index is 13.4. The molecule has 0 N–H and O–H groups in total. The molecule has 0 spiro atoms. The second-order valence-corrected chi connectivity index (χ2v) is 8.27. The van der Waals surface area contributed by atoms with Gasteiger partial charge in [0.2, 0.25) is 5.91 Å². The number of Topliss-reactive ketones (excluding diaryl/α,β-unsaturated/α-hetero) is 1. The van der Waals surface area contributed by atoms with E-state index in [0.29, 0.717) is 0 Å². The fraction of sp³-hybridized carbons (Fsp3) is 0.556. The zero-order valence-corrected chi connectivity index (χ0v) is 15.1. The molecule has 0 aromatic heterocycles. The van der Waals surface area contributed by atoms with E-state index in [0.717, 1.165) is 18.5 Å². The SMILES string of the molecule is CN(C(=O)[C@@]12CC[C@@](C)(C(=O)[C@@H]1Br)C2(C)C)c1ccccc1. The van der Waals surface area contributed by atoms with Crippen molar-refractivity contribution in [2.45, 2.75) is 38.4 Å². The minimum Gasteiger partial charge on any atom is -0.315 e. The van der Waals surface area contributed by atoms with Gasteiger partial charge in [-0.25, -0.2) is 0 Å². The van der Waals surface area contributed by atoms with E-state index >= 15 is 0 Å². The van der Waals surface area contributed by atoms with E-state index in [1.165, 1.54) is 0 Å². The Hall–Kier alpha value is -1.16. The van der Waals surface area contributed by atoms with Crippen LogP contribution < -0.4 is 4.90 Å². The summed E-state index contributed by atoms with van der Waals surface area (Å²) in [6.07, 6.45) is 1.55. The zero-order valence-electron chi connectivity index (χ0n) is 13.5. The van der Waals surface area contributed by atoms with Gasteiger partial charge in [0.15, 0.2) is 5.78 Å². The lowest BCUT2D eigenvalue weighted by Crippen LogP contribution is -2.51. The van der Waals surface area contributed by atoms with E-state index in [2.05, 4.69) is 29.8 Å². The standard InChI is InChI=1S/C18H22BrNO2/c1-16(2)17(3)10-11-18(16,13(19)14(17)21)15(22)20(4)12-8-6-5-7-9-12/h5-9,13H,10-11H2,1-4H3/t13-,17-,18+/m0/s1. The summed E-state index contributed by atoms with van der Waals surface area (Å²) in [4.78, 5) is 27.5. The molecule has 1 aromatic carbocycles. The van der Waals surface area contributed by atoms with E-state index < -0.39 is 15.7 Å². The minimum absolute atomic E-state index is 0.0418. The van der Waals surface area contributed by atoms with Crippen LogP contribution in [0.2, 0.25) is 0 Å². The number of fused-ring (bicyclic) bond motifs is 2. The van der Waals surface area contributed by atoms with Gasteiger partial charge in [-0.2, -0.15) is 0 Å². The van der Waals surface area contributed by atoms with Crippen LogP contribution in [0.15, 0.2) is 30.3 Å². The van der Waals surface area contributed by atoms with Crippen LogP contribution in [-0.2, 0) is 9.59 Å². The maximum Gasteiger partial charge on any atom is 0.235 e. The van der Waals surface area contributed by atoms with Gasteiger partial charge in [0.1, 0.15) is 0 Å². The molecule has 1 amide bonds. The largest absolute Gasteiger partial charge is 0.315 e. The summed E-state index contributed by atoms with van der Waals surface area (Å²) >= 11 is 3.57. The van der Waals surface area contributed by atoms with E-state index in [4.69, 9.17) is 0 Å². The molecule has 3 nitrogen and oxygen atoms in total. The molecule has 0 saturated heterocycles. The van der Waals surface area contributed by atoms with Crippen LogP contribution in [0.4, 0.5) is 5.69 Å². The van der Waals surface area contributed by atoms with Gasteiger partial charge in [-0.1, -0.05) is 54.9 Å². The fourth-order valence-electron chi connectivity index (χ4n) is 4.49. The average molecular weight is 364 g/mol. The Labute approximate surface area is 140 Å². The fourth-order valence-corrected chi connectivity index (χ4v) is 6.00. The molecular formula is C18H22BrNO2. The number of para-hydroxylation sites is 1. The number of halogens is 1. The Morgan fingerprint density at radius 2 is 1.77 bits per heavy atom. The van der Waals surface area contributed by atoms with Gasteiger partial charge in [-0.15, -0.1) is 0 Å². The third kappa shape index (κ3) is 1.57. The molecule has 2 fully saturated rings. The first-order valence-electron chi connectivity index (χ1n) is 7.72. The Kier molecular flexibility index (Phi) is 3.34. The lowest BCUT2D eigenvalue weighted by atomic mass is 9.64. The van der Waals surface area contributed by atoms with Crippen molar-refractivity contribution in [1.82, 2.24) is 0 Å². The molecule has 1 aromatic rings. The van der Waals surface area contributed by atoms with Gasteiger partial charge >= 0.3 is 0 Å². The van der Waals surface area contributed by atoms with Gasteiger partial charge in [-0.05, 0) is 30.4 Å². The molecule has 2 aliphatic carbocycles. The Bertz CT molecular complexity index is 642. The van der Waals surface area contributed by atoms with Crippen LogP contribution in [0.1, 0.15) is 33.6 Å². The van der Waals surface area contributed by atoms with Crippen molar-refractivity contribution >= 4 is 33.3 Å². The number of ketones is 1. The molecule has 2 aliphatic rings. The van der Waals surface area contributed by atoms with E-state index in [9.17, 15) is 9.59 Å². The van der Waals surface area contributed by atoms with Crippen molar-refractivity contribution in [3.63, 3.8) is 0 Å². The summed E-state index contributed by atoms with van der Waals surface area (Å²) in [5.74, 6) is 0.221. The molecule has 2 bridgehead atoms. The number of nitrogens with zero attached hydrogens (tertiary/aromatic N) is 1. The molecule has 0 aliphatic heterocycles. The normalized spacial score (nSPS) is 35.7. The first kappa shape index (κ1) is 15.7. The lowest BCUT2D eigenvalue weighted by molar-refractivity contribution is -0.132. The molecule has 0 unspecified atom stereocenters. The van der Waals surface area contributed by atoms with Crippen molar-refractivity contribution < 1.29 is 9.59 Å². The molecule has 4 heteroatoms. The highest BCUT2D eigenvalue weighted by atomic mass is 79.9. The summed E-state index contributed by atoms with van der Waals surface area (Å²) in [5, 5.41) is 0. The number of amides is 1. The minimum atomic E-state index is -0.663. The number of hydrogen-bond acceptors (Lipinski definition) is 2. The summed E-state index contributed by atoms with van der Waals surface area (Å²) in [6, 6.07) is 9.63. The molecule has 3 rings (SSSR count). The van der Waals surface area contributed by atoms with Crippen LogP contribution in [0.25, 0.3) is 0 Å². The number of rotatable bonds is 2. The van der Waals surface area contributed by atoms with Crippen LogP contribution in [-0.4, -0.2) is 23.6 Å². The highest BCUT2D eigenvalue weighted by Crippen LogP contribution is 2.72. The number of carbonyl (C=O) groups is 2. The summed E-state index contributed by atoms with van der Waals surface area (Å²) in [5.41, 5.74) is -0.575. The molecule has 22 heavy (non-hydrogen) atoms. The molecule has 2 saturated carbocycles. The lowest BCUT2D eigenvalue weighted by Gasteiger charge is -2.41. The topological polar surface area (TPSA) is 37.4 Å². The van der Waals surface area contributed by atoms with Gasteiger partial charge in [-0.3, -0.25) is 9.59 Å². The first-order valence-corrected chi connectivity index (χ1v) is 8.63. The Balaban J connectivity index is 2.07. The van der Waals surface area contributed by atoms with Crippen molar-refractivity contribution in [1.29, 1.82) is 0 Å². The second kappa shape index (κ2) is 4.67. The van der Waals surface area contributed by atoms with E-state index in [-0.39, 0.29) is 17.1 Å². The van der Waals surface area contributed by atoms with Crippen LogP contribution >= 0.6 is 15.9 Å². The highest BCUT2D eigenvalue weighted by molar-refractivity contribution is 9.10. The van der Waals surface area contributed by atoms with Gasteiger partial charge in [0.25, 0.3) is 0 Å². The van der Waals surface area contributed by atoms with E-state index in [1.54, 1.807) is 11.9 Å². The monoisotopic (exact) mass is 363 g/mol. The van der Waals surface area contributed by atoms with Crippen molar-refractivity contribution in [2.75, 3.05) is 11.9 Å². The molecule has 0 radical (unpaired) electrons. The molecule has 118 valence electrons. The second-order valence-electron chi connectivity index (χ2n) is 7.35. The van der Waals surface area contributed by atoms with Crippen molar-refractivity contribution in [3.8, 4) is 0 Å². The number of alkyl halides is 1. The smallest absolute Gasteiger partial charge is 0.235 e. The van der Waals surface area contributed by atoms with Crippen molar-refractivity contribution in [3.05, 3.63) is 30.3 Å². The number of hydrogen-bond donors (Lipinski definition) is 0. The quantitative estimate of drug-likeness (QED) is 0.749. The Morgan fingerprint density at radius 3 is 2.27 bits per heavy atom. The molecular weight excluding hydrogens is 342 g/mol. The third-order valence-electron chi connectivity index (χ3n) is 6.55. The van der Waals surface area contributed by atoms with Crippen LogP contribution in [0.5, 0.6) is 0 Å². The summed E-state index contributed by atoms with van der Waals surface area (Å²) < 4.78 is 0. The number of anilines is 1. The number of carbonyl (C=O) groups excluding carboxylic acids is 2. The van der Waals surface area contributed by atoms with Gasteiger partial charge < -0.3 is 4.90 Å². The predicted octanol–water partition coefficient (Wildman–Crippen LogP) is 3.81. The predicted molar refractivity (Wildman–Crippen MR) is 91.1 cm³/mol. The van der Waals surface area contributed by atoms with E-state index in [1.807, 2.05) is 37.3 Å². The third-order valence-corrected chi connectivity index (χ3v) is 7.75. The van der Waals surface area contributed by atoms with Crippen LogP contribution in [0.3, 0.4) is 0 Å². The maximum absolute atomic E-state index is 13.4. The summed E-state index contributed by atoms with van der Waals surface area (Å²) in [7, 11) is 1.81. The van der Waals surface area contributed by atoms with Crippen molar-refractivity contribution in [2.24, 2.45) is 16.2 Å². The molecule has 3 atom stereocenters. The average Bonchev–Trinajstić information content (AvgIpc) is 2.79. The van der Waals surface area contributed by atoms with Gasteiger partial charge in [0, 0.05) is 18.2 Å². The van der Waals surface area contributed by atoms with Gasteiger partial charge in [0.05, 0.1) is 10.2 Å². The number of benzene rings is 1. The first-order chi connectivity index (χ1) is 10.2. The molecule has 0 heterocycles. The zero-order chi connectivity index (χ0) is 16.3.